The maximum Gasteiger partial charge on any atom is 0.167 e. The molecule has 4 N–H and O–H groups in total. The van der Waals surface area contributed by atoms with Crippen LogP contribution in [0.15, 0.2) is 36.9 Å². The van der Waals surface area contributed by atoms with Crippen molar-refractivity contribution in [3.8, 4) is 0 Å². The lowest BCUT2D eigenvalue weighted by Gasteiger charge is -2.16. The standard InChI is InChI=1S/C22H29N5O4/c1-2-3-4-5-14-6-8-15(9-7-14)10-23-20-17-21(25-12-24-20)27(13-26-17)22-19(30)18(29)16(11-28)31-22/h6-9,12-13,16,18-19,22,28-30H,2-5,10-11H2,1H3,(H,23,24,25)/t16-,18-,19-,22-/m1/s1. The highest BCUT2D eigenvalue weighted by molar-refractivity contribution is 5.82. The minimum absolute atomic E-state index is 0.388. The first kappa shape index (κ1) is 21.6. The Bertz CT molecular complexity index is 993. The van der Waals surface area contributed by atoms with Crippen LogP contribution in [0.2, 0.25) is 0 Å². The lowest BCUT2D eigenvalue weighted by atomic mass is 10.1. The smallest absolute Gasteiger partial charge is 0.167 e. The topological polar surface area (TPSA) is 126 Å². The van der Waals surface area contributed by atoms with Gasteiger partial charge in [0.2, 0.25) is 0 Å². The normalized spacial score (nSPS) is 23.5. The van der Waals surface area contributed by atoms with Gasteiger partial charge < -0.3 is 25.4 Å². The van der Waals surface area contributed by atoms with Crippen LogP contribution in [0.5, 0.6) is 0 Å². The van der Waals surface area contributed by atoms with Gasteiger partial charge in [-0.3, -0.25) is 4.57 Å². The van der Waals surface area contributed by atoms with Crippen molar-refractivity contribution in [2.24, 2.45) is 0 Å². The van der Waals surface area contributed by atoms with Gasteiger partial charge >= 0.3 is 0 Å². The lowest BCUT2D eigenvalue weighted by molar-refractivity contribution is -0.0511. The van der Waals surface area contributed by atoms with Crippen LogP contribution in [-0.4, -0.2) is 59.8 Å². The summed E-state index contributed by atoms with van der Waals surface area (Å²) >= 11 is 0. The maximum atomic E-state index is 10.3. The summed E-state index contributed by atoms with van der Waals surface area (Å²) in [6, 6.07) is 8.56. The summed E-state index contributed by atoms with van der Waals surface area (Å²) in [5, 5.41) is 33.0. The molecule has 1 aliphatic heterocycles. The van der Waals surface area contributed by atoms with Crippen molar-refractivity contribution >= 4 is 17.0 Å². The molecule has 1 aliphatic rings. The number of nitrogens with zero attached hydrogens (tertiary/aromatic N) is 4. The van der Waals surface area contributed by atoms with E-state index in [-0.39, 0.29) is 6.61 Å². The highest BCUT2D eigenvalue weighted by atomic mass is 16.6. The summed E-state index contributed by atoms with van der Waals surface area (Å²) in [5.41, 5.74) is 3.49. The molecule has 0 unspecified atom stereocenters. The number of hydrogen-bond acceptors (Lipinski definition) is 8. The van der Waals surface area contributed by atoms with Gasteiger partial charge in [-0.05, 0) is 24.0 Å². The summed E-state index contributed by atoms with van der Waals surface area (Å²) < 4.78 is 7.15. The summed E-state index contributed by atoms with van der Waals surface area (Å²) in [6.45, 7) is 2.41. The van der Waals surface area contributed by atoms with E-state index < -0.39 is 24.5 Å². The number of unbranched alkanes of at least 4 members (excludes halogenated alkanes) is 2. The number of imidazole rings is 1. The Labute approximate surface area is 180 Å². The molecule has 0 saturated carbocycles. The Balaban J connectivity index is 1.46. The van der Waals surface area contributed by atoms with Crippen LogP contribution < -0.4 is 5.32 Å². The summed E-state index contributed by atoms with van der Waals surface area (Å²) in [4.78, 5) is 13.0. The average molecular weight is 428 g/mol. The van der Waals surface area contributed by atoms with Crippen molar-refractivity contribution in [3.63, 3.8) is 0 Å². The quantitative estimate of drug-likeness (QED) is 0.381. The fourth-order valence-corrected chi connectivity index (χ4v) is 3.87. The number of aliphatic hydroxyl groups excluding tert-OH is 3. The van der Waals surface area contributed by atoms with Gasteiger partial charge in [-0.25, -0.2) is 15.0 Å². The first-order valence-corrected chi connectivity index (χ1v) is 10.7. The van der Waals surface area contributed by atoms with Gasteiger partial charge in [0.05, 0.1) is 12.9 Å². The monoisotopic (exact) mass is 427 g/mol. The third-order valence-electron chi connectivity index (χ3n) is 5.70. The Hall–Kier alpha value is -2.59. The molecule has 1 fully saturated rings. The van der Waals surface area contributed by atoms with E-state index >= 15 is 0 Å². The number of fused-ring (bicyclic) bond motifs is 1. The van der Waals surface area contributed by atoms with Crippen molar-refractivity contribution in [2.75, 3.05) is 11.9 Å². The summed E-state index contributed by atoms with van der Waals surface area (Å²) in [7, 11) is 0. The molecule has 3 heterocycles. The van der Waals surface area contributed by atoms with Crippen molar-refractivity contribution in [3.05, 3.63) is 48.0 Å². The fraction of sp³-hybridized carbons (Fsp3) is 0.500. The lowest BCUT2D eigenvalue weighted by Crippen LogP contribution is -2.33. The molecule has 166 valence electrons. The number of ether oxygens (including phenoxy) is 1. The van der Waals surface area contributed by atoms with Crippen molar-refractivity contribution < 1.29 is 20.1 Å². The van der Waals surface area contributed by atoms with E-state index in [0.29, 0.717) is 23.5 Å². The van der Waals surface area contributed by atoms with Crippen LogP contribution in [0, 0.1) is 0 Å². The van der Waals surface area contributed by atoms with Crippen LogP contribution in [0.3, 0.4) is 0 Å². The van der Waals surface area contributed by atoms with Gasteiger partial charge in [0.15, 0.2) is 23.2 Å². The van der Waals surface area contributed by atoms with Crippen molar-refractivity contribution in [1.82, 2.24) is 19.5 Å². The maximum absolute atomic E-state index is 10.3. The first-order chi connectivity index (χ1) is 15.1. The molecule has 2 aromatic heterocycles. The minimum atomic E-state index is -1.20. The average Bonchev–Trinajstić information content (AvgIpc) is 3.34. The molecule has 1 saturated heterocycles. The van der Waals surface area contributed by atoms with Gasteiger partial charge in [-0.2, -0.15) is 0 Å². The number of aromatic nitrogens is 4. The largest absolute Gasteiger partial charge is 0.394 e. The van der Waals surface area contributed by atoms with Crippen LogP contribution >= 0.6 is 0 Å². The number of aryl methyl sites for hydroxylation is 1. The Kier molecular flexibility index (Phi) is 6.77. The Morgan fingerprint density at radius 2 is 1.81 bits per heavy atom. The molecule has 0 aliphatic carbocycles. The third kappa shape index (κ3) is 4.54. The molecule has 0 amide bonds. The van der Waals surface area contributed by atoms with E-state index in [0.717, 1.165) is 12.0 Å². The molecule has 4 rings (SSSR count). The second kappa shape index (κ2) is 9.69. The Morgan fingerprint density at radius 3 is 2.52 bits per heavy atom. The SMILES string of the molecule is CCCCCc1ccc(CNc2ncnc3c2ncn3[C@@H]2O[C@H](CO)[C@@H](O)[C@H]2O)cc1. The minimum Gasteiger partial charge on any atom is -0.394 e. The van der Waals surface area contributed by atoms with E-state index in [2.05, 4.69) is 51.5 Å². The molecular weight excluding hydrogens is 398 g/mol. The van der Waals surface area contributed by atoms with Crippen molar-refractivity contribution in [1.29, 1.82) is 0 Å². The predicted molar refractivity (Wildman–Crippen MR) is 115 cm³/mol. The molecule has 4 atom stereocenters. The van der Waals surface area contributed by atoms with Crippen molar-refractivity contribution in [2.45, 2.75) is 63.7 Å². The number of hydrogen-bond donors (Lipinski definition) is 4. The number of benzene rings is 1. The van der Waals surface area contributed by atoms with Gasteiger partial charge in [-0.15, -0.1) is 0 Å². The second-order valence-electron chi connectivity index (χ2n) is 7.90. The van der Waals surface area contributed by atoms with Gasteiger partial charge in [0, 0.05) is 6.54 Å². The zero-order chi connectivity index (χ0) is 21.8. The van der Waals surface area contributed by atoms with Gasteiger partial charge in [0.25, 0.3) is 0 Å². The van der Waals surface area contributed by atoms with E-state index in [4.69, 9.17) is 4.74 Å². The second-order valence-corrected chi connectivity index (χ2v) is 7.90. The zero-order valence-electron chi connectivity index (χ0n) is 17.6. The van der Waals surface area contributed by atoms with Crippen LogP contribution in [0.25, 0.3) is 11.2 Å². The van der Waals surface area contributed by atoms with E-state index in [9.17, 15) is 15.3 Å². The number of aliphatic hydroxyl groups is 3. The molecule has 3 aromatic rings. The summed E-state index contributed by atoms with van der Waals surface area (Å²) in [6.07, 6.45) is 3.58. The van der Waals surface area contributed by atoms with Crippen LogP contribution in [0.4, 0.5) is 5.82 Å². The number of rotatable bonds is 9. The highest BCUT2D eigenvalue weighted by Crippen LogP contribution is 2.32. The molecule has 31 heavy (non-hydrogen) atoms. The predicted octanol–water partition coefficient (Wildman–Crippen LogP) is 1.78. The first-order valence-electron chi connectivity index (χ1n) is 10.7. The molecular formula is C22H29N5O4. The number of anilines is 1. The third-order valence-corrected chi connectivity index (χ3v) is 5.70. The molecule has 1 aromatic carbocycles. The molecule has 0 radical (unpaired) electrons. The molecule has 0 bridgehead atoms. The molecule has 9 heteroatoms. The fourth-order valence-electron chi connectivity index (χ4n) is 3.87. The van der Waals surface area contributed by atoms with E-state index in [1.165, 1.54) is 37.5 Å². The zero-order valence-corrected chi connectivity index (χ0v) is 17.6. The molecule has 0 spiro atoms. The van der Waals surface area contributed by atoms with Gasteiger partial charge in [-0.1, -0.05) is 44.0 Å². The van der Waals surface area contributed by atoms with Gasteiger partial charge in [0.1, 0.15) is 24.6 Å². The van der Waals surface area contributed by atoms with E-state index in [1.807, 2.05) is 0 Å². The van der Waals surface area contributed by atoms with Crippen LogP contribution in [0.1, 0.15) is 43.5 Å². The van der Waals surface area contributed by atoms with E-state index in [1.54, 1.807) is 4.57 Å². The summed E-state index contributed by atoms with van der Waals surface area (Å²) in [5.74, 6) is 0.572. The van der Waals surface area contributed by atoms with Crippen LogP contribution in [-0.2, 0) is 17.7 Å². The highest BCUT2D eigenvalue weighted by Gasteiger charge is 2.44. The Morgan fingerprint density at radius 1 is 1.03 bits per heavy atom. The molecule has 9 nitrogen and oxygen atoms in total. The number of nitrogens with one attached hydrogen (secondary N) is 1.